The summed E-state index contributed by atoms with van der Waals surface area (Å²) < 4.78 is 5.49. The van der Waals surface area contributed by atoms with Gasteiger partial charge in [-0.3, -0.25) is 4.79 Å². The summed E-state index contributed by atoms with van der Waals surface area (Å²) >= 11 is 1.54. The Balaban J connectivity index is 2.07. The van der Waals surface area contributed by atoms with Crippen LogP contribution in [0, 0.1) is 6.92 Å². The molecule has 0 radical (unpaired) electrons. The normalized spacial score (nSPS) is 22.9. The van der Waals surface area contributed by atoms with E-state index in [-0.39, 0.29) is 11.9 Å². The molecule has 82 valence electrons. The van der Waals surface area contributed by atoms with Gasteiger partial charge in [-0.2, -0.15) is 0 Å². The van der Waals surface area contributed by atoms with Gasteiger partial charge in [0.25, 0.3) is 0 Å². The van der Waals surface area contributed by atoms with Crippen molar-refractivity contribution in [1.29, 1.82) is 0 Å². The van der Waals surface area contributed by atoms with E-state index in [0.29, 0.717) is 13.2 Å². The lowest BCUT2D eigenvalue weighted by molar-refractivity contribution is -0.00839. The van der Waals surface area contributed by atoms with Gasteiger partial charge < -0.3 is 9.64 Å². The van der Waals surface area contributed by atoms with Gasteiger partial charge in [0.1, 0.15) is 6.10 Å². The van der Waals surface area contributed by atoms with E-state index in [2.05, 4.69) is 4.90 Å². The van der Waals surface area contributed by atoms with Crippen molar-refractivity contribution in [2.75, 3.05) is 26.7 Å². The van der Waals surface area contributed by atoms with Gasteiger partial charge in [0, 0.05) is 18.0 Å². The molecular formula is C11H15NO2S. The van der Waals surface area contributed by atoms with E-state index >= 15 is 0 Å². The summed E-state index contributed by atoms with van der Waals surface area (Å²) in [6.07, 6.45) is -0.276. The average molecular weight is 225 g/mol. The van der Waals surface area contributed by atoms with Gasteiger partial charge in [0.15, 0.2) is 0 Å². The molecule has 1 aromatic rings. The predicted octanol–water partition coefficient (Wildman–Crippen LogP) is 1.57. The maximum Gasteiger partial charge on any atom is 0.202 e. The number of carbonyl (C=O) groups is 1. The van der Waals surface area contributed by atoms with E-state index in [1.807, 2.05) is 26.1 Å². The van der Waals surface area contributed by atoms with Crippen molar-refractivity contribution in [3.8, 4) is 0 Å². The summed E-state index contributed by atoms with van der Waals surface area (Å²) in [7, 11) is 2.02. The van der Waals surface area contributed by atoms with Crippen LogP contribution in [-0.4, -0.2) is 43.5 Å². The number of likely N-dealkylation sites (N-methyl/N-ethyl adjacent to an activating group) is 1. The van der Waals surface area contributed by atoms with Crippen molar-refractivity contribution >= 4 is 17.1 Å². The highest BCUT2D eigenvalue weighted by atomic mass is 32.1. The summed E-state index contributed by atoms with van der Waals surface area (Å²) in [6.45, 7) is 4.27. The SMILES string of the molecule is Cc1ccc(C(=O)C2CN(C)CCO2)s1. The number of ketones is 1. The van der Waals surface area contributed by atoms with Gasteiger partial charge in [0.2, 0.25) is 5.78 Å². The van der Waals surface area contributed by atoms with E-state index in [1.54, 1.807) is 11.3 Å². The fourth-order valence-electron chi connectivity index (χ4n) is 1.66. The number of thiophene rings is 1. The smallest absolute Gasteiger partial charge is 0.202 e. The molecule has 15 heavy (non-hydrogen) atoms. The van der Waals surface area contributed by atoms with Crippen LogP contribution in [0.1, 0.15) is 14.5 Å². The minimum atomic E-state index is -0.276. The maximum absolute atomic E-state index is 12.0. The zero-order valence-electron chi connectivity index (χ0n) is 9.03. The van der Waals surface area contributed by atoms with Crippen LogP contribution in [0.25, 0.3) is 0 Å². The van der Waals surface area contributed by atoms with Crippen LogP contribution >= 0.6 is 11.3 Å². The third kappa shape index (κ3) is 2.45. The minimum Gasteiger partial charge on any atom is -0.367 e. The highest BCUT2D eigenvalue weighted by molar-refractivity contribution is 7.14. The lowest BCUT2D eigenvalue weighted by Gasteiger charge is -2.28. The molecule has 0 bridgehead atoms. The number of Topliss-reactive ketones (excluding diaryl/α,β-unsaturated/α-hetero) is 1. The van der Waals surface area contributed by atoms with Crippen LogP contribution in [0.2, 0.25) is 0 Å². The Hall–Kier alpha value is -0.710. The first-order valence-corrected chi connectivity index (χ1v) is 5.89. The molecule has 0 N–H and O–H groups in total. The van der Waals surface area contributed by atoms with Gasteiger partial charge in [0.05, 0.1) is 11.5 Å². The maximum atomic E-state index is 12.0. The summed E-state index contributed by atoms with van der Waals surface area (Å²) in [4.78, 5) is 16.1. The van der Waals surface area contributed by atoms with Crippen molar-refractivity contribution < 1.29 is 9.53 Å². The number of ether oxygens (including phenoxy) is 1. The zero-order chi connectivity index (χ0) is 10.8. The number of carbonyl (C=O) groups excluding carboxylic acids is 1. The van der Waals surface area contributed by atoms with E-state index in [4.69, 9.17) is 4.74 Å². The Morgan fingerprint density at radius 3 is 3.00 bits per heavy atom. The molecule has 1 aliphatic heterocycles. The van der Waals surface area contributed by atoms with Crippen LogP contribution in [0.3, 0.4) is 0 Å². The van der Waals surface area contributed by atoms with Crippen molar-refractivity contribution in [1.82, 2.24) is 4.90 Å². The Morgan fingerprint density at radius 1 is 1.60 bits per heavy atom. The van der Waals surface area contributed by atoms with Crippen LogP contribution in [0.15, 0.2) is 12.1 Å². The van der Waals surface area contributed by atoms with Crippen molar-refractivity contribution in [3.05, 3.63) is 21.9 Å². The summed E-state index contributed by atoms with van der Waals surface area (Å²) in [5, 5.41) is 0. The number of morpholine rings is 1. The Morgan fingerprint density at radius 2 is 2.40 bits per heavy atom. The van der Waals surface area contributed by atoms with Crippen LogP contribution < -0.4 is 0 Å². The molecule has 0 saturated carbocycles. The monoisotopic (exact) mass is 225 g/mol. The summed E-state index contributed by atoms with van der Waals surface area (Å²) in [5.74, 6) is 0.125. The second-order valence-corrected chi connectivity index (χ2v) is 5.18. The number of nitrogens with zero attached hydrogens (tertiary/aromatic N) is 1. The molecule has 2 heterocycles. The fourth-order valence-corrected chi connectivity index (χ4v) is 2.51. The lowest BCUT2D eigenvalue weighted by atomic mass is 10.1. The van der Waals surface area contributed by atoms with Gasteiger partial charge >= 0.3 is 0 Å². The summed E-state index contributed by atoms with van der Waals surface area (Å²) in [6, 6.07) is 3.87. The Bertz CT molecular complexity index is 361. The molecule has 0 amide bonds. The fraction of sp³-hybridized carbons (Fsp3) is 0.545. The topological polar surface area (TPSA) is 29.5 Å². The first-order chi connectivity index (χ1) is 7.16. The van der Waals surface area contributed by atoms with Crippen molar-refractivity contribution in [2.45, 2.75) is 13.0 Å². The molecule has 1 aromatic heterocycles. The molecule has 1 aliphatic rings. The number of hydrogen-bond acceptors (Lipinski definition) is 4. The van der Waals surface area contributed by atoms with Gasteiger partial charge in [-0.05, 0) is 26.1 Å². The van der Waals surface area contributed by atoms with Gasteiger partial charge in [-0.1, -0.05) is 0 Å². The Kier molecular flexibility index (Phi) is 3.19. The molecule has 1 fully saturated rings. The van der Waals surface area contributed by atoms with Crippen LogP contribution in [0.5, 0.6) is 0 Å². The first kappa shape index (κ1) is 10.8. The van der Waals surface area contributed by atoms with E-state index in [9.17, 15) is 4.79 Å². The lowest BCUT2D eigenvalue weighted by Crippen LogP contribution is -2.43. The Labute approximate surface area is 93.7 Å². The molecule has 0 aromatic carbocycles. The molecule has 0 spiro atoms. The van der Waals surface area contributed by atoms with Crippen LogP contribution in [-0.2, 0) is 4.74 Å². The number of hydrogen-bond donors (Lipinski definition) is 0. The zero-order valence-corrected chi connectivity index (χ0v) is 9.84. The van der Waals surface area contributed by atoms with Gasteiger partial charge in [-0.25, -0.2) is 0 Å². The van der Waals surface area contributed by atoms with Crippen molar-refractivity contribution in [2.24, 2.45) is 0 Å². The average Bonchev–Trinajstić information content (AvgIpc) is 2.64. The predicted molar refractivity (Wildman–Crippen MR) is 60.6 cm³/mol. The first-order valence-electron chi connectivity index (χ1n) is 5.07. The molecule has 2 rings (SSSR count). The van der Waals surface area contributed by atoms with Gasteiger partial charge in [-0.15, -0.1) is 11.3 Å². The largest absolute Gasteiger partial charge is 0.367 e. The third-order valence-electron chi connectivity index (χ3n) is 2.55. The number of aryl methyl sites for hydroxylation is 1. The molecule has 0 aliphatic carbocycles. The summed E-state index contributed by atoms with van der Waals surface area (Å²) in [5.41, 5.74) is 0. The molecule has 1 atom stereocenters. The second-order valence-electron chi connectivity index (χ2n) is 3.90. The molecule has 1 saturated heterocycles. The molecule has 4 heteroatoms. The quantitative estimate of drug-likeness (QED) is 0.716. The third-order valence-corrected chi connectivity index (χ3v) is 3.56. The number of rotatable bonds is 2. The molecule has 3 nitrogen and oxygen atoms in total. The minimum absolute atomic E-state index is 0.125. The van der Waals surface area contributed by atoms with E-state index in [1.165, 1.54) is 4.88 Å². The van der Waals surface area contributed by atoms with Crippen molar-refractivity contribution in [3.63, 3.8) is 0 Å². The molecule has 1 unspecified atom stereocenters. The molecular weight excluding hydrogens is 210 g/mol. The second kappa shape index (κ2) is 4.43. The highest BCUT2D eigenvalue weighted by Gasteiger charge is 2.26. The van der Waals surface area contributed by atoms with E-state index < -0.39 is 0 Å². The van der Waals surface area contributed by atoms with E-state index in [0.717, 1.165) is 11.4 Å². The standard InChI is InChI=1S/C11H15NO2S/c1-8-3-4-10(15-8)11(13)9-7-12(2)5-6-14-9/h3-4,9H,5-7H2,1-2H3. The van der Waals surface area contributed by atoms with Crippen LogP contribution in [0.4, 0.5) is 0 Å². The highest BCUT2D eigenvalue weighted by Crippen LogP contribution is 2.19.